The number of ether oxygens (including phenoxy) is 6. The van der Waals surface area contributed by atoms with Crippen molar-refractivity contribution in [1.82, 2.24) is 0 Å². The van der Waals surface area contributed by atoms with Crippen molar-refractivity contribution < 1.29 is 38.3 Å². The van der Waals surface area contributed by atoms with E-state index in [1.165, 1.54) is 19.2 Å². The van der Waals surface area contributed by atoms with Crippen molar-refractivity contribution in [3.63, 3.8) is 0 Å². The first kappa shape index (κ1) is 20.0. The van der Waals surface area contributed by atoms with E-state index in [1.54, 1.807) is 14.2 Å². The molecule has 0 unspecified atom stereocenters. The molecule has 0 aliphatic heterocycles. The zero-order valence-corrected chi connectivity index (χ0v) is 14.2. The largest absolute Gasteiger partial charge is 0.487 e. The number of rotatable bonds is 13. The van der Waals surface area contributed by atoms with E-state index in [0.717, 1.165) is 0 Å². The summed E-state index contributed by atoms with van der Waals surface area (Å²) >= 11 is 0. The second kappa shape index (κ2) is 11.5. The van der Waals surface area contributed by atoms with Crippen LogP contribution in [0, 0.1) is 0 Å². The van der Waals surface area contributed by atoms with E-state index in [4.69, 9.17) is 28.4 Å². The monoisotopic (exact) mass is 344 g/mol. The quantitative estimate of drug-likeness (QED) is 0.538. The van der Waals surface area contributed by atoms with Gasteiger partial charge in [-0.1, -0.05) is 0 Å². The molecular formula is C16H24O8. The number of benzene rings is 1. The van der Waals surface area contributed by atoms with Gasteiger partial charge < -0.3 is 33.5 Å². The molecule has 0 aromatic heterocycles. The van der Waals surface area contributed by atoms with Crippen molar-refractivity contribution >= 4 is 5.97 Å². The lowest BCUT2D eigenvalue weighted by atomic mass is 10.1. The molecule has 1 aromatic carbocycles. The zero-order chi connectivity index (χ0) is 17.8. The lowest BCUT2D eigenvalue weighted by Crippen LogP contribution is -2.13. The van der Waals surface area contributed by atoms with E-state index in [9.17, 15) is 9.90 Å². The molecule has 0 fully saturated rings. The minimum atomic E-state index is -1.12. The van der Waals surface area contributed by atoms with Gasteiger partial charge in [0.25, 0.3) is 0 Å². The van der Waals surface area contributed by atoms with E-state index in [2.05, 4.69) is 0 Å². The Bertz CT molecular complexity index is 503. The number of hydrogen-bond donors (Lipinski definition) is 1. The highest BCUT2D eigenvalue weighted by Crippen LogP contribution is 2.40. The highest BCUT2D eigenvalue weighted by atomic mass is 16.6. The standard InChI is InChI=1S/C16H24O8/c1-19-6-9-22-13-5-4-12(16(17)18)14(23-10-7-20-2)15(13)24-11-8-21-3/h4-5H,6-11H2,1-3H3,(H,17,18). The first-order chi connectivity index (χ1) is 11.7. The molecule has 1 N–H and O–H groups in total. The molecule has 0 saturated heterocycles. The molecule has 8 nitrogen and oxygen atoms in total. The van der Waals surface area contributed by atoms with Gasteiger partial charge in [-0.05, 0) is 12.1 Å². The molecule has 0 saturated carbocycles. The zero-order valence-electron chi connectivity index (χ0n) is 14.2. The van der Waals surface area contributed by atoms with Crippen molar-refractivity contribution in [2.45, 2.75) is 0 Å². The highest BCUT2D eigenvalue weighted by Gasteiger charge is 2.22. The number of carboxylic acid groups (broad SMARTS) is 1. The Balaban J connectivity index is 3.11. The van der Waals surface area contributed by atoms with Crippen molar-refractivity contribution in [3.05, 3.63) is 17.7 Å². The van der Waals surface area contributed by atoms with Gasteiger partial charge in [0.2, 0.25) is 5.75 Å². The summed E-state index contributed by atoms with van der Waals surface area (Å²) in [6.07, 6.45) is 0. The number of carbonyl (C=O) groups is 1. The molecule has 0 spiro atoms. The first-order valence-electron chi connectivity index (χ1n) is 7.41. The normalized spacial score (nSPS) is 10.5. The molecule has 0 atom stereocenters. The van der Waals surface area contributed by atoms with E-state index < -0.39 is 5.97 Å². The molecule has 0 bridgehead atoms. The molecule has 8 heteroatoms. The van der Waals surface area contributed by atoms with Crippen LogP contribution in [0.25, 0.3) is 0 Å². The summed E-state index contributed by atoms with van der Waals surface area (Å²) in [6, 6.07) is 2.94. The molecule has 24 heavy (non-hydrogen) atoms. The van der Waals surface area contributed by atoms with E-state index in [-0.39, 0.29) is 30.3 Å². The summed E-state index contributed by atoms with van der Waals surface area (Å²) in [5, 5.41) is 9.37. The maximum Gasteiger partial charge on any atom is 0.339 e. The third-order valence-corrected chi connectivity index (χ3v) is 2.92. The molecule has 136 valence electrons. The predicted octanol–water partition coefficient (Wildman–Crippen LogP) is 1.46. The average Bonchev–Trinajstić information content (AvgIpc) is 2.57. The Morgan fingerprint density at radius 1 is 0.792 bits per heavy atom. The first-order valence-corrected chi connectivity index (χ1v) is 7.41. The van der Waals surface area contributed by atoms with Crippen LogP contribution < -0.4 is 14.2 Å². The van der Waals surface area contributed by atoms with Gasteiger partial charge in [-0.2, -0.15) is 0 Å². The van der Waals surface area contributed by atoms with Gasteiger partial charge in [0.15, 0.2) is 11.5 Å². The van der Waals surface area contributed by atoms with Gasteiger partial charge in [0.05, 0.1) is 19.8 Å². The van der Waals surface area contributed by atoms with Crippen LogP contribution in [0.4, 0.5) is 0 Å². The van der Waals surface area contributed by atoms with Gasteiger partial charge in [0, 0.05) is 21.3 Å². The van der Waals surface area contributed by atoms with Crippen LogP contribution in [0.2, 0.25) is 0 Å². The molecule has 0 aliphatic rings. The maximum absolute atomic E-state index is 11.5. The number of methoxy groups -OCH3 is 3. The van der Waals surface area contributed by atoms with E-state index >= 15 is 0 Å². The molecule has 0 heterocycles. The third-order valence-electron chi connectivity index (χ3n) is 2.92. The Kier molecular flexibility index (Phi) is 9.59. The summed E-state index contributed by atoms with van der Waals surface area (Å²) < 4.78 is 31.6. The predicted molar refractivity (Wildman–Crippen MR) is 85.5 cm³/mol. The molecule has 1 aromatic rings. The van der Waals surface area contributed by atoms with Gasteiger partial charge in [-0.25, -0.2) is 4.79 Å². The van der Waals surface area contributed by atoms with Crippen LogP contribution in [-0.2, 0) is 14.2 Å². The Morgan fingerprint density at radius 2 is 1.29 bits per heavy atom. The second-order valence-electron chi connectivity index (χ2n) is 4.60. The Hall–Kier alpha value is -2.03. The third kappa shape index (κ3) is 6.23. The number of aromatic carboxylic acids is 1. The topological polar surface area (TPSA) is 92.7 Å². The molecule has 1 rings (SSSR count). The SMILES string of the molecule is COCCOc1ccc(C(=O)O)c(OCCOC)c1OCCOC. The number of carboxylic acids is 1. The fourth-order valence-corrected chi connectivity index (χ4v) is 1.80. The van der Waals surface area contributed by atoms with Gasteiger partial charge >= 0.3 is 5.97 Å². The smallest absolute Gasteiger partial charge is 0.339 e. The Morgan fingerprint density at radius 3 is 1.79 bits per heavy atom. The second-order valence-corrected chi connectivity index (χ2v) is 4.60. The number of hydrogen-bond acceptors (Lipinski definition) is 7. The lowest BCUT2D eigenvalue weighted by Gasteiger charge is -2.18. The average molecular weight is 344 g/mol. The van der Waals surface area contributed by atoms with Crippen LogP contribution in [0.3, 0.4) is 0 Å². The lowest BCUT2D eigenvalue weighted by molar-refractivity contribution is 0.0686. The minimum absolute atomic E-state index is 0.0161. The highest BCUT2D eigenvalue weighted by molar-refractivity contribution is 5.92. The van der Waals surface area contributed by atoms with Crippen molar-refractivity contribution in [2.24, 2.45) is 0 Å². The van der Waals surface area contributed by atoms with Gasteiger partial charge in [-0.15, -0.1) is 0 Å². The molecule has 0 aliphatic carbocycles. The fraction of sp³-hybridized carbons (Fsp3) is 0.562. The maximum atomic E-state index is 11.5. The van der Waals surface area contributed by atoms with Crippen LogP contribution in [0.1, 0.15) is 10.4 Å². The van der Waals surface area contributed by atoms with Gasteiger partial charge in [-0.3, -0.25) is 0 Å². The van der Waals surface area contributed by atoms with Crippen molar-refractivity contribution in [2.75, 3.05) is 61.0 Å². The van der Waals surface area contributed by atoms with Gasteiger partial charge in [0.1, 0.15) is 25.4 Å². The van der Waals surface area contributed by atoms with Crippen LogP contribution >= 0.6 is 0 Å². The van der Waals surface area contributed by atoms with Crippen LogP contribution in [0.5, 0.6) is 17.2 Å². The molecular weight excluding hydrogens is 320 g/mol. The Labute approximate surface area is 141 Å². The molecule has 0 radical (unpaired) electrons. The fourth-order valence-electron chi connectivity index (χ4n) is 1.80. The summed E-state index contributed by atoms with van der Waals surface area (Å²) in [6.45, 7) is 1.73. The van der Waals surface area contributed by atoms with Crippen molar-refractivity contribution in [3.8, 4) is 17.2 Å². The summed E-state index contributed by atoms with van der Waals surface area (Å²) in [5.74, 6) is -0.423. The van der Waals surface area contributed by atoms with E-state index in [0.29, 0.717) is 32.2 Å². The van der Waals surface area contributed by atoms with Crippen LogP contribution in [0.15, 0.2) is 12.1 Å². The minimum Gasteiger partial charge on any atom is -0.487 e. The summed E-state index contributed by atoms with van der Waals surface area (Å²) in [4.78, 5) is 11.5. The molecule has 0 amide bonds. The summed E-state index contributed by atoms with van der Waals surface area (Å²) in [7, 11) is 4.64. The van der Waals surface area contributed by atoms with E-state index in [1.807, 2.05) is 0 Å². The van der Waals surface area contributed by atoms with Crippen molar-refractivity contribution in [1.29, 1.82) is 0 Å². The van der Waals surface area contributed by atoms with Crippen LogP contribution in [-0.4, -0.2) is 72.0 Å². The summed E-state index contributed by atoms with van der Waals surface area (Å²) in [5.41, 5.74) is -0.0161.